The van der Waals surface area contributed by atoms with E-state index in [4.69, 9.17) is 17.0 Å². The molecule has 2 aromatic heterocycles. The van der Waals surface area contributed by atoms with Gasteiger partial charge in [-0.3, -0.25) is 0 Å². The average molecular weight is 474 g/mol. The fraction of sp³-hybridized carbons (Fsp3) is 0.316. The van der Waals surface area contributed by atoms with E-state index >= 15 is 0 Å². The predicted molar refractivity (Wildman–Crippen MR) is 128 cm³/mol. The standard InChI is InChI=1S/C19H23N5OS2.2ClH/c1-13-17(23-12-22-13)11-27-8-7-20-19-21-10-15(18(26)24-19)9-14-3-5-16(25-2)6-4-14;;/h3-6,10,12H,7-9,11H2,1-2H3,(H,22,23)(H2,20,21,24,26);2*1H. The van der Waals surface area contributed by atoms with Crippen molar-refractivity contribution in [2.45, 2.75) is 19.1 Å². The van der Waals surface area contributed by atoms with Crippen LogP contribution in [0.15, 0.2) is 36.8 Å². The number of nitrogens with one attached hydrogen (secondary N) is 3. The maximum absolute atomic E-state index is 5.48. The summed E-state index contributed by atoms with van der Waals surface area (Å²) in [7, 11) is 1.66. The second-order valence-corrected chi connectivity index (χ2v) is 7.58. The SMILES string of the molecule is COc1ccc(Cc2cnc(NCCSCc3nc[nH]c3C)[nH]c2=S)cc1.Cl.Cl. The first-order valence-electron chi connectivity index (χ1n) is 8.67. The van der Waals surface area contributed by atoms with Gasteiger partial charge in [0.15, 0.2) is 0 Å². The fourth-order valence-corrected chi connectivity index (χ4v) is 3.64. The van der Waals surface area contributed by atoms with E-state index in [1.165, 1.54) is 5.56 Å². The van der Waals surface area contributed by atoms with Crippen LogP contribution in [0.5, 0.6) is 5.75 Å². The molecule has 0 atom stereocenters. The third kappa shape index (κ3) is 7.54. The van der Waals surface area contributed by atoms with Gasteiger partial charge in [-0.25, -0.2) is 9.97 Å². The minimum atomic E-state index is 0. The van der Waals surface area contributed by atoms with Crippen molar-refractivity contribution in [3.63, 3.8) is 0 Å². The monoisotopic (exact) mass is 473 g/mol. The number of thioether (sulfide) groups is 1. The van der Waals surface area contributed by atoms with E-state index in [1.807, 2.05) is 49.1 Å². The Hall–Kier alpha value is -1.74. The number of anilines is 1. The number of hydrogen-bond donors (Lipinski definition) is 3. The van der Waals surface area contributed by atoms with Crippen molar-refractivity contribution in [2.24, 2.45) is 0 Å². The summed E-state index contributed by atoms with van der Waals surface area (Å²) in [5.74, 6) is 3.42. The molecule has 10 heteroatoms. The minimum absolute atomic E-state index is 0. The van der Waals surface area contributed by atoms with E-state index in [1.54, 1.807) is 13.4 Å². The van der Waals surface area contributed by atoms with Crippen LogP contribution < -0.4 is 10.1 Å². The Kier molecular flexibility index (Phi) is 11.1. The molecule has 2 heterocycles. The molecular weight excluding hydrogens is 449 g/mol. The summed E-state index contributed by atoms with van der Waals surface area (Å²) in [5.41, 5.74) is 4.42. The van der Waals surface area contributed by atoms with Crippen molar-refractivity contribution in [1.82, 2.24) is 19.9 Å². The smallest absolute Gasteiger partial charge is 0.201 e. The third-order valence-corrected chi connectivity index (χ3v) is 5.47. The maximum Gasteiger partial charge on any atom is 0.201 e. The first kappa shape index (κ1) is 25.3. The summed E-state index contributed by atoms with van der Waals surface area (Å²) in [6.45, 7) is 2.85. The number of ether oxygens (including phenoxy) is 1. The number of rotatable bonds is 9. The number of nitrogens with zero attached hydrogens (tertiary/aromatic N) is 2. The first-order chi connectivity index (χ1) is 13.2. The lowest BCUT2D eigenvalue weighted by Crippen LogP contribution is -2.08. The molecule has 0 fully saturated rings. The van der Waals surface area contributed by atoms with Gasteiger partial charge in [0.25, 0.3) is 0 Å². The van der Waals surface area contributed by atoms with Crippen LogP contribution in [0.1, 0.15) is 22.5 Å². The Balaban J connectivity index is 0.00000210. The van der Waals surface area contributed by atoms with E-state index in [0.717, 1.165) is 47.2 Å². The molecule has 0 radical (unpaired) electrons. The molecule has 0 saturated carbocycles. The lowest BCUT2D eigenvalue weighted by Gasteiger charge is -2.08. The normalized spacial score (nSPS) is 10.0. The van der Waals surface area contributed by atoms with E-state index < -0.39 is 0 Å². The van der Waals surface area contributed by atoms with Gasteiger partial charge < -0.3 is 20.0 Å². The summed E-state index contributed by atoms with van der Waals surface area (Å²) >= 11 is 7.31. The van der Waals surface area contributed by atoms with E-state index in [9.17, 15) is 0 Å². The van der Waals surface area contributed by atoms with Gasteiger partial charge in [-0.05, 0) is 24.6 Å². The zero-order chi connectivity index (χ0) is 19.1. The zero-order valence-corrected chi connectivity index (χ0v) is 19.5. The Morgan fingerprint density at radius 2 is 1.93 bits per heavy atom. The Morgan fingerprint density at radius 1 is 1.17 bits per heavy atom. The van der Waals surface area contributed by atoms with Crippen LogP contribution in [0.2, 0.25) is 0 Å². The Morgan fingerprint density at radius 3 is 2.55 bits per heavy atom. The van der Waals surface area contributed by atoms with Crippen LogP contribution in [-0.2, 0) is 12.2 Å². The predicted octanol–water partition coefficient (Wildman–Crippen LogP) is 4.96. The van der Waals surface area contributed by atoms with Crippen LogP contribution in [0.3, 0.4) is 0 Å². The summed E-state index contributed by atoms with van der Waals surface area (Å²) in [5, 5.41) is 3.29. The van der Waals surface area contributed by atoms with Crippen LogP contribution in [0.4, 0.5) is 5.95 Å². The van der Waals surface area contributed by atoms with Crippen LogP contribution >= 0.6 is 48.8 Å². The first-order valence-corrected chi connectivity index (χ1v) is 10.2. The lowest BCUT2D eigenvalue weighted by molar-refractivity contribution is 0.414. The molecule has 0 bridgehead atoms. The number of imidazole rings is 1. The van der Waals surface area contributed by atoms with Gasteiger partial charge in [-0.15, -0.1) is 24.8 Å². The molecule has 158 valence electrons. The molecule has 0 aliphatic heterocycles. The highest BCUT2D eigenvalue weighted by atomic mass is 35.5. The molecule has 1 aromatic carbocycles. The topological polar surface area (TPSA) is 78.6 Å². The quantitative estimate of drug-likeness (QED) is 0.301. The zero-order valence-electron chi connectivity index (χ0n) is 16.2. The Labute approximate surface area is 192 Å². The van der Waals surface area contributed by atoms with Gasteiger partial charge >= 0.3 is 0 Å². The Bertz CT molecular complexity index is 931. The van der Waals surface area contributed by atoms with Crippen molar-refractivity contribution in [1.29, 1.82) is 0 Å². The molecular formula is C19H25Cl2N5OS2. The maximum atomic E-state index is 5.48. The molecule has 6 nitrogen and oxygen atoms in total. The van der Waals surface area contributed by atoms with Gasteiger partial charge in [0.05, 0.1) is 19.1 Å². The third-order valence-electron chi connectivity index (χ3n) is 4.14. The fourth-order valence-electron chi connectivity index (χ4n) is 2.54. The molecule has 3 aromatic rings. The van der Waals surface area contributed by atoms with E-state index in [2.05, 4.69) is 25.3 Å². The number of benzene rings is 1. The van der Waals surface area contributed by atoms with Crippen molar-refractivity contribution in [3.05, 3.63) is 63.9 Å². The van der Waals surface area contributed by atoms with Crippen molar-refractivity contribution < 1.29 is 4.74 Å². The number of aromatic amines is 2. The minimum Gasteiger partial charge on any atom is -0.497 e. The molecule has 0 aliphatic rings. The number of methoxy groups -OCH3 is 1. The highest BCUT2D eigenvalue weighted by Gasteiger charge is 2.03. The van der Waals surface area contributed by atoms with Crippen molar-refractivity contribution in [2.75, 3.05) is 24.7 Å². The number of hydrogen-bond acceptors (Lipinski definition) is 6. The summed E-state index contributed by atoms with van der Waals surface area (Å²) in [4.78, 5) is 15.0. The largest absolute Gasteiger partial charge is 0.497 e. The summed E-state index contributed by atoms with van der Waals surface area (Å²) in [6.07, 6.45) is 4.32. The van der Waals surface area contributed by atoms with Crippen LogP contribution in [-0.4, -0.2) is 39.3 Å². The number of aryl methyl sites for hydroxylation is 1. The van der Waals surface area contributed by atoms with Gasteiger partial charge in [0, 0.05) is 41.9 Å². The molecule has 0 saturated heterocycles. The number of halogens is 2. The highest BCUT2D eigenvalue weighted by molar-refractivity contribution is 7.98. The molecule has 29 heavy (non-hydrogen) atoms. The lowest BCUT2D eigenvalue weighted by atomic mass is 10.1. The van der Waals surface area contributed by atoms with Gasteiger partial charge in [0.2, 0.25) is 5.95 Å². The molecule has 3 N–H and O–H groups in total. The van der Waals surface area contributed by atoms with Crippen molar-refractivity contribution in [3.8, 4) is 5.75 Å². The number of aromatic nitrogens is 4. The van der Waals surface area contributed by atoms with Crippen LogP contribution in [0, 0.1) is 11.6 Å². The average Bonchev–Trinajstić information content (AvgIpc) is 3.09. The van der Waals surface area contributed by atoms with Gasteiger partial charge in [-0.2, -0.15) is 11.8 Å². The van der Waals surface area contributed by atoms with Crippen molar-refractivity contribution >= 4 is 54.7 Å². The van der Waals surface area contributed by atoms with E-state index in [-0.39, 0.29) is 24.8 Å². The molecule has 0 amide bonds. The van der Waals surface area contributed by atoms with E-state index in [0.29, 0.717) is 10.6 Å². The second kappa shape index (κ2) is 12.7. The second-order valence-electron chi connectivity index (χ2n) is 6.06. The molecule has 3 rings (SSSR count). The van der Waals surface area contributed by atoms with Crippen LogP contribution in [0.25, 0.3) is 0 Å². The molecule has 0 unspecified atom stereocenters. The summed E-state index contributed by atoms with van der Waals surface area (Å²) < 4.78 is 5.90. The van der Waals surface area contributed by atoms with Gasteiger partial charge in [-0.1, -0.05) is 24.4 Å². The highest BCUT2D eigenvalue weighted by Crippen LogP contribution is 2.16. The molecule has 0 spiro atoms. The van der Waals surface area contributed by atoms with Gasteiger partial charge in [0.1, 0.15) is 10.4 Å². The number of H-pyrrole nitrogens is 2. The molecule has 0 aliphatic carbocycles. The summed E-state index contributed by atoms with van der Waals surface area (Å²) in [6, 6.07) is 7.98.